The van der Waals surface area contributed by atoms with E-state index >= 15 is 0 Å². The zero-order valence-electron chi connectivity index (χ0n) is 10.5. The fraction of sp³-hybridized carbons (Fsp3) is 1.00. The van der Waals surface area contributed by atoms with E-state index in [-0.39, 0.29) is 0 Å². The van der Waals surface area contributed by atoms with Crippen molar-refractivity contribution in [1.82, 2.24) is 0 Å². The van der Waals surface area contributed by atoms with E-state index in [1.807, 2.05) is 0 Å². The lowest BCUT2D eigenvalue weighted by molar-refractivity contribution is 0.336. The van der Waals surface area contributed by atoms with E-state index in [4.69, 9.17) is 5.73 Å². The van der Waals surface area contributed by atoms with Gasteiger partial charge in [-0.3, -0.25) is 0 Å². The molecule has 15 heavy (non-hydrogen) atoms. The molecule has 0 heterocycles. The van der Waals surface area contributed by atoms with Crippen LogP contribution in [0.25, 0.3) is 0 Å². The quantitative estimate of drug-likeness (QED) is 0.694. The van der Waals surface area contributed by atoms with Crippen LogP contribution in [0.4, 0.5) is 0 Å². The van der Waals surface area contributed by atoms with Gasteiger partial charge in [-0.2, -0.15) is 0 Å². The molecule has 0 aliphatic heterocycles. The molecule has 1 fully saturated rings. The van der Waals surface area contributed by atoms with Crippen LogP contribution in [0.1, 0.15) is 71.1 Å². The first-order chi connectivity index (χ1) is 7.33. The van der Waals surface area contributed by atoms with Crippen molar-refractivity contribution in [1.29, 1.82) is 0 Å². The Morgan fingerprint density at radius 2 is 1.40 bits per heavy atom. The van der Waals surface area contributed by atoms with Gasteiger partial charge in [0.1, 0.15) is 0 Å². The van der Waals surface area contributed by atoms with E-state index in [0.29, 0.717) is 0 Å². The van der Waals surface area contributed by atoms with Crippen molar-refractivity contribution >= 4 is 0 Å². The zero-order chi connectivity index (χ0) is 10.9. The van der Waals surface area contributed by atoms with Crippen molar-refractivity contribution in [3.8, 4) is 0 Å². The van der Waals surface area contributed by atoms with Gasteiger partial charge in [0.25, 0.3) is 0 Å². The van der Waals surface area contributed by atoms with Gasteiger partial charge in [0.05, 0.1) is 0 Å². The van der Waals surface area contributed by atoms with Crippen LogP contribution in [0.3, 0.4) is 0 Å². The molecule has 1 aliphatic rings. The smallest absolute Gasteiger partial charge is 0.00488 e. The molecule has 2 atom stereocenters. The third kappa shape index (κ3) is 6.19. The van der Waals surface area contributed by atoms with Crippen LogP contribution >= 0.6 is 0 Å². The summed E-state index contributed by atoms with van der Waals surface area (Å²) in [5, 5.41) is 0. The van der Waals surface area contributed by atoms with Crippen LogP contribution in [0.2, 0.25) is 0 Å². The highest BCUT2D eigenvalue weighted by Crippen LogP contribution is 2.23. The van der Waals surface area contributed by atoms with E-state index in [1.165, 1.54) is 64.2 Å². The maximum Gasteiger partial charge on any atom is -0.00488 e. The summed E-state index contributed by atoms with van der Waals surface area (Å²) in [6, 6.07) is 0. The van der Waals surface area contributed by atoms with Crippen LogP contribution in [-0.4, -0.2) is 6.54 Å². The normalized spacial score (nSPS) is 31.6. The second-order valence-corrected chi connectivity index (χ2v) is 5.49. The van der Waals surface area contributed by atoms with Crippen LogP contribution in [0.15, 0.2) is 0 Å². The fourth-order valence-electron chi connectivity index (χ4n) is 2.83. The highest BCUT2D eigenvalue weighted by Gasteiger charge is 2.12. The van der Waals surface area contributed by atoms with Crippen molar-refractivity contribution in [2.75, 3.05) is 6.54 Å². The SMILES string of the molecule is CC1CCCCCCCCCC(CN)C1. The van der Waals surface area contributed by atoms with Crippen LogP contribution in [0.5, 0.6) is 0 Å². The molecule has 0 amide bonds. The Hall–Kier alpha value is -0.0400. The lowest BCUT2D eigenvalue weighted by Crippen LogP contribution is -2.17. The summed E-state index contributed by atoms with van der Waals surface area (Å²) in [6.07, 6.45) is 14.3. The summed E-state index contributed by atoms with van der Waals surface area (Å²) in [5.74, 6) is 1.71. The maximum atomic E-state index is 5.85. The van der Waals surface area contributed by atoms with Gasteiger partial charge in [0.2, 0.25) is 0 Å². The average molecular weight is 211 g/mol. The third-order valence-electron chi connectivity index (χ3n) is 3.88. The first-order valence-electron chi connectivity index (χ1n) is 7.03. The maximum absolute atomic E-state index is 5.85. The molecule has 1 rings (SSSR count). The molecule has 0 radical (unpaired) electrons. The Bertz CT molecular complexity index is 144. The summed E-state index contributed by atoms with van der Waals surface area (Å²) in [6.45, 7) is 3.32. The molecule has 0 saturated heterocycles. The van der Waals surface area contributed by atoms with Crippen LogP contribution in [0, 0.1) is 11.8 Å². The third-order valence-corrected chi connectivity index (χ3v) is 3.88. The van der Waals surface area contributed by atoms with E-state index in [1.54, 1.807) is 0 Å². The zero-order valence-corrected chi connectivity index (χ0v) is 10.5. The van der Waals surface area contributed by atoms with Crippen LogP contribution in [-0.2, 0) is 0 Å². The minimum atomic E-state index is 0.805. The van der Waals surface area contributed by atoms with Gasteiger partial charge in [-0.1, -0.05) is 58.3 Å². The molecule has 90 valence electrons. The Kier molecular flexibility index (Phi) is 7.08. The van der Waals surface area contributed by atoms with E-state index in [9.17, 15) is 0 Å². The fourth-order valence-corrected chi connectivity index (χ4v) is 2.83. The van der Waals surface area contributed by atoms with Gasteiger partial charge in [-0.15, -0.1) is 0 Å². The second kappa shape index (κ2) is 8.15. The summed E-state index contributed by atoms with van der Waals surface area (Å²) < 4.78 is 0. The molecule has 1 aliphatic carbocycles. The standard InChI is InChI=1S/C14H29N/c1-13-9-7-5-3-2-4-6-8-10-14(11-13)12-15/h13-14H,2-12,15H2,1H3. The second-order valence-electron chi connectivity index (χ2n) is 5.49. The molecule has 1 heteroatoms. The molecule has 1 nitrogen and oxygen atoms in total. The van der Waals surface area contributed by atoms with Crippen LogP contribution < -0.4 is 5.73 Å². The van der Waals surface area contributed by atoms with Gasteiger partial charge >= 0.3 is 0 Å². The lowest BCUT2D eigenvalue weighted by atomic mass is 9.87. The topological polar surface area (TPSA) is 26.0 Å². The van der Waals surface area contributed by atoms with E-state index in [2.05, 4.69) is 6.92 Å². The van der Waals surface area contributed by atoms with Gasteiger partial charge in [-0.05, 0) is 31.2 Å². The molecule has 0 bridgehead atoms. The first-order valence-corrected chi connectivity index (χ1v) is 7.03. The number of hydrogen-bond donors (Lipinski definition) is 1. The highest BCUT2D eigenvalue weighted by molar-refractivity contribution is 4.66. The molecule has 2 unspecified atom stereocenters. The Morgan fingerprint density at radius 1 is 0.867 bits per heavy atom. The summed E-state index contributed by atoms with van der Waals surface area (Å²) in [5.41, 5.74) is 5.85. The van der Waals surface area contributed by atoms with E-state index in [0.717, 1.165) is 18.4 Å². The molecule has 0 aromatic rings. The number of rotatable bonds is 1. The Labute approximate surface area is 95.8 Å². The summed E-state index contributed by atoms with van der Waals surface area (Å²) in [7, 11) is 0. The van der Waals surface area contributed by atoms with Crippen molar-refractivity contribution in [2.24, 2.45) is 17.6 Å². The minimum Gasteiger partial charge on any atom is -0.330 e. The molecule has 0 aromatic heterocycles. The Morgan fingerprint density at radius 3 is 2.00 bits per heavy atom. The summed E-state index contributed by atoms with van der Waals surface area (Å²) in [4.78, 5) is 0. The lowest BCUT2D eigenvalue weighted by Gasteiger charge is -2.20. The monoisotopic (exact) mass is 211 g/mol. The summed E-state index contributed by atoms with van der Waals surface area (Å²) >= 11 is 0. The van der Waals surface area contributed by atoms with Gasteiger partial charge in [0.15, 0.2) is 0 Å². The van der Waals surface area contributed by atoms with Gasteiger partial charge < -0.3 is 5.73 Å². The van der Waals surface area contributed by atoms with Gasteiger partial charge in [0, 0.05) is 0 Å². The Balaban J connectivity index is 2.29. The van der Waals surface area contributed by atoms with Crippen molar-refractivity contribution in [3.63, 3.8) is 0 Å². The molecule has 2 N–H and O–H groups in total. The molecular weight excluding hydrogens is 182 g/mol. The first kappa shape index (κ1) is 13.0. The highest BCUT2D eigenvalue weighted by atomic mass is 14.5. The molecule has 0 aromatic carbocycles. The number of nitrogens with two attached hydrogens (primary N) is 1. The number of hydrogen-bond acceptors (Lipinski definition) is 1. The minimum absolute atomic E-state index is 0.805. The predicted molar refractivity (Wildman–Crippen MR) is 67.9 cm³/mol. The van der Waals surface area contributed by atoms with E-state index < -0.39 is 0 Å². The largest absolute Gasteiger partial charge is 0.330 e. The molecular formula is C14H29N. The van der Waals surface area contributed by atoms with Crippen molar-refractivity contribution < 1.29 is 0 Å². The molecule has 1 saturated carbocycles. The molecule has 0 spiro atoms. The van der Waals surface area contributed by atoms with Crippen molar-refractivity contribution in [3.05, 3.63) is 0 Å². The predicted octanol–water partition coefficient (Wildman–Crippen LogP) is 4.11. The van der Waals surface area contributed by atoms with Crippen molar-refractivity contribution in [2.45, 2.75) is 71.1 Å². The van der Waals surface area contributed by atoms with Gasteiger partial charge in [-0.25, -0.2) is 0 Å². The average Bonchev–Trinajstić information content (AvgIpc) is 2.22.